The van der Waals surface area contributed by atoms with Gasteiger partial charge in [-0.05, 0) is 26.7 Å². The monoisotopic (exact) mass is 251 g/mol. The van der Waals surface area contributed by atoms with Crippen molar-refractivity contribution in [3.8, 4) is 0 Å². The summed E-state index contributed by atoms with van der Waals surface area (Å²) < 4.78 is 5.07. The normalized spacial score (nSPS) is 13.6. The Balaban J connectivity index is 3.64. The van der Waals surface area contributed by atoms with Gasteiger partial charge in [0.1, 0.15) is 5.60 Å². The Labute approximate surface area is 88.4 Å². The zero-order valence-electron chi connectivity index (χ0n) is 8.69. The maximum Gasteiger partial charge on any atom is 0.407 e. The number of amides is 1. The molecule has 0 bridgehead atoms. The van der Waals surface area contributed by atoms with Gasteiger partial charge in [0.25, 0.3) is 0 Å². The number of carbonyl (C=O) groups excluding carboxylic acids is 1. The minimum absolute atomic E-state index is 0.347. The predicted molar refractivity (Wildman–Crippen MR) is 57.2 cm³/mol. The van der Waals surface area contributed by atoms with E-state index in [1.165, 1.54) is 0 Å². The van der Waals surface area contributed by atoms with Crippen LogP contribution in [0.15, 0.2) is 0 Å². The van der Waals surface area contributed by atoms with E-state index in [1.807, 2.05) is 27.7 Å². The highest BCUT2D eigenvalue weighted by molar-refractivity contribution is 9.09. The minimum atomic E-state index is -0.415. The molecule has 1 amide bonds. The summed E-state index contributed by atoms with van der Waals surface area (Å²) in [6.07, 6.45) is -0.347. The first-order valence-electron chi connectivity index (χ1n) is 4.38. The summed E-state index contributed by atoms with van der Waals surface area (Å²) >= 11 is 3.33. The van der Waals surface area contributed by atoms with Crippen LogP contribution in [0.3, 0.4) is 0 Å². The summed E-state index contributed by atoms with van der Waals surface area (Å²) in [6.45, 7) is 8.23. The molecule has 0 saturated heterocycles. The lowest BCUT2D eigenvalue weighted by molar-refractivity contribution is 0.0522. The summed E-state index contributed by atoms with van der Waals surface area (Å²) in [5.41, 5.74) is -0.415. The van der Waals surface area contributed by atoms with Crippen LogP contribution in [-0.2, 0) is 4.74 Å². The van der Waals surface area contributed by atoms with Crippen LogP contribution >= 0.6 is 15.9 Å². The molecule has 13 heavy (non-hydrogen) atoms. The van der Waals surface area contributed by atoms with Crippen LogP contribution in [0.2, 0.25) is 0 Å². The molecule has 78 valence electrons. The van der Waals surface area contributed by atoms with Crippen molar-refractivity contribution >= 4 is 22.0 Å². The molecule has 0 heterocycles. The van der Waals surface area contributed by atoms with Gasteiger partial charge in [-0.2, -0.15) is 0 Å². The molecule has 0 rings (SSSR count). The van der Waals surface area contributed by atoms with Crippen LogP contribution in [0, 0.1) is 5.92 Å². The van der Waals surface area contributed by atoms with Gasteiger partial charge in [-0.25, -0.2) is 4.79 Å². The lowest BCUT2D eigenvalue weighted by atomic mass is 10.2. The molecule has 1 N–H and O–H groups in total. The number of halogens is 1. The zero-order valence-corrected chi connectivity index (χ0v) is 10.3. The average Bonchev–Trinajstić information content (AvgIpc) is 1.97. The topological polar surface area (TPSA) is 38.3 Å². The molecule has 0 aliphatic carbocycles. The quantitative estimate of drug-likeness (QED) is 0.784. The van der Waals surface area contributed by atoms with Crippen LogP contribution in [0.5, 0.6) is 0 Å². The van der Waals surface area contributed by atoms with E-state index in [1.54, 1.807) is 0 Å². The zero-order chi connectivity index (χ0) is 10.5. The average molecular weight is 252 g/mol. The van der Waals surface area contributed by atoms with Gasteiger partial charge in [0.05, 0.1) is 0 Å². The number of nitrogens with one attached hydrogen (secondary N) is 1. The number of hydrogen-bond acceptors (Lipinski definition) is 2. The smallest absolute Gasteiger partial charge is 0.407 e. The van der Waals surface area contributed by atoms with Gasteiger partial charge < -0.3 is 10.1 Å². The first kappa shape index (κ1) is 12.8. The van der Waals surface area contributed by atoms with Crippen molar-refractivity contribution in [1.29, 1.82) is 0 Å². The highest BCUT2D eigenvalue weighted by atomic mass is 79.9. The number of hydrogen-bond donors (Lipinski definition) is 1. The summed E-state index contributed by atoms with van der Waals surface area (Å²) in [7, 11) is 0. The van der Waals surface area contributed by atoms with Crippen LogP contribution in [0.1, 0.15) is 27.7 Å². The number of alkyl carbamates (subject to hydrolysis) is 1. The number of alkyl halides is 1. The first-order valence-corrected chi connectivity index (χ1v) is 5.50. The van der Waals surface area contributed by atoms with Gasteiger partial charge in [-0.3, -0.25) is 0 Å². The Morgan fingerprint density at radius 1 is 1.54 bits per heavy atom. The van der Waals surface area contributed by atoms with Crippen molar-refractivity contribution in [1.82, 2.24) is 5.32 Å². The molecule has 0 spiro atoms. The van der Waals surface area contributed by atoms with Crippen molar-refractivity contribution in [2.24, 2.45) is 5.92 Å². The van der Waals surface area contributed by atoms with Crippen LogP contribution in [-0.4, -0.2) is 23.6 Å². The third-order valence-corrected chi connectivity index (χ3v) is 2.36. The van der Waals surface area contributed by atoms with E-state index in [-0.39, 0.29) is 6.09 Å². The molecule has 4 heteroatoms. The molecule has 0 fully saturated rings. The molecular weight excluding hydrogens is 234 g/mol. The second-order valence-corrected chi connectivity index (χ2v) is 4.79. The van der Waals surface area contributed by atoms with Crippen LogP contribution in [0.4, 0.5) is 4.79 Å². The van der Waals surface area contributed by atoms with Crippen molar-refractivity contribution in [3.63, 3.8) is 0 Å². The Hall–Kier alpha value is -0.250. The fourth-order valence-corrected chi connectivity index (χ4v) is 0.855. The van der Waals surface area contributed by atoms with Crippen molar-refractivity contribution in [2.75, 3.05) is 11.9 Å². The number of ether oxygens (including phenoxy) is 1. The van der Waals surface area contributed by atoms with Gasteiger partial charge in [-0.15, -0.1) is 0 Å². The highest BCUT2D eigenvalue weighted by Gasteiger charge is 2.15. The molecule has 3 nitrogen and oxygen atoms in total. The summed E-state index contributed by atoms with van der Waals surface area (Å²) in [4.78, 5) is 11.1. The maximum absolute atomic E-state index is 11.1. The Morgan fingerprint density at radius 3 is 2.46 bits per heavy atom. The molecule has 0 unspecified atom stereocenters. The predicted octanol–water partition coefficient (Wildman–Crippen LogP) is 2.54. The molecule has 0 aliphatic heterocycles. The summed E-state index contributed by atoms with van der Waals surface area (Å²) in [6, 6.07) is 0. The van der Waals surface area contributed by atoms with E-state index in [0.29, 0.717) is 12.5 Å². The van der Waals surface area contributed by atoms with E-state index in [9.17, 15) is 4.79 Å². The van der Waals surface area contributed by atoms with Crippen molar-refractivity contribution in [3.05, 3.63) is 0 Å². The van der Waals surface area contributed by atoms with Gasteiger partial charge in [0.15, 0.2) is 0 Å². The highest BCUT2D eigenvalue weighted by Crippen LogP contribution is 2.06. The second-order valence-electron chi connectivity index (χ2n) is 4.14. The number of carbonyl (C=O) groups is 1. The van der Waals surface area contributed by atoms with Crippen molar-refractivity contribution < 1.29 is 9.53 Å². The summed E-state index contributed by atoms with van der Waals surface area (Å²) in [5, 5.41) is 3.58. The third kappa shape index (κ3) is 8.09. The van der Waals surface area contributed by atoms with Gasteiger partial charge >= 0.3 is 6.09 Å². The van der Waals surface area contributed by atoms with Crippen molar-refractivity contribution in [2.45, 2.75) is 33.3 Å². The fourth-order valence-electron chi connectivity index (χ4n) is 0.626. The summed E-state index contributed by atoms with van der Waals surface area (Å²) in [5.74, 6) is 0.424. The Morgan fingerprint density at radius 2 is 2.08 bits per heavy atom. The fraction of sp³-hybridized carbons (Fsp3) is 0.889. The minimum Gasteiger partial charge on any atom is -0.444 e. The molecule has 1 atom stereocenters. The van der Waals surface area contributed by atoms with E-state index < -0.39 is 5.60 Å². The van der Waals surface area contributed by atoms with Gasteiger partial charge in [-0.1, -0.05) is 22.9 Å². The number of rotatable bonds is 3. The standard InChI is InChI=1S/C9H18BrNO2/c1-7(5-10)6-11-8(12)13-9(2,3)4/h7H,5-6H2,1-4H3,(H,11,12)/t7-/m0/s1. The maximum atomic E-state index is 11.1. The molecule has 0 aromatic rings. The molecule has 0 aromatic carbocycles. The molecule has 0 radical (unpaired) electrons. The lowest BCUT2D eigenvalue weighted by Gasteiger charge is -2.20. The Bertz CT molecular complexity index is 165. The molecule has 0 aromatic heterocycles. The largest absolute Gasteiger partial charge is 0.444 e. The van der Waals surface area contributed by atoms with E-state index in [4.69, 9.17) is 4.74 Å². The molecule has 0 saturated carbocycles. The van der Waals surface area contributed by atoms with Gasteiger partial charge in [0, 0.05) is 11.9 Å². The van der Waals surface area contributed by atoms with Crippen LogP contribution < -0.4 is 5.32 Å². The van der Waals surface area contributed by atoms with E-state index >= 15 is 0 Å². The van der Waals surface area contributed by atoms with Crippen LogP contribution in [0.25, 0.3) is 0 Å². The third-order valence-electron chi connectivity index (χ3n) is 1.26. The van der Waals surface area contributed by atoms with E-state index in [2.05, 4.69) is 21.2 Å². The molecule has 0 aliphatic rings. The van der Waals surface area contributed by atoms with Gasteiger partial charge in [0.2, 0.25) is 0 Å². The lowest BCUT2D eigenvalue weighted by Crippen LogP contribution is -2.35. The first-order chi connectivity index (χ1) is 5.85. The molecular formula is C9H18BrNO2. The Kier molecular flexibility index (Phi) is 5.37. The second kappa shape index (κ2) is 5.47. The SMILES string of the molecule is C[C@@H](CBr)CNC(=O)OC(C)(C)C. The van der Waals surface area contributed by atoms with E-state index in [0.717, 1.165) is 5.33 Å².